The molecule has 6 heteroatoms. The van der Waals surface area contributed by atoms with E-state index in [1.807, 2.05) is 61.5 Å². The summed E-state index contributed by atoms with van der Waals surface area (Å²) in [5, 5.41) is 0. The lowest BCUT2D eigenvalue weighted by atomic mass is 9.78. The van der Waals surface area contributed by atoms with Gasteiger partial charge in [-0.05, 0) is 77.4 Å². The highest BCUT2D eigenvalue weighted by Gasteiger charge is 2.52. The first kappa shape index (κ1) is 17.8. The zero-order chi connectivity index (χ0) is 16.9. The molecule has 2 heterocycles. The van der Waals surface area contributed by atoms with E-state index in [1.54, 1.807) is 0 Å². The third kappa shape index (κ3) is 3.49. The van der Waals surface area contributed by atoms with Crippen LogP contribution >= 0.6 is 15.9 Å². The number of pyridine rings is 1. The number of aryl methyl sites for hydroxylation is 1. The maximum absolute atomic E-state index is 6.10. The highest BCUT2D eigenvalue weighted by atomic mass is 79.9. The molecule has 0 amide bonds. The fourth-order valence-corrected chi connectivity index (χ4v) is 2.56. The van der Waals surface area contributed by atoms with Gasteiger partial charge < -0.3 is 14.0 Å². The minimum atomic E-state index is -0.419. The van der Waals surface area contributed by atoms with Crippen LogP contribution < -0.4 is 10.2 Å². The lowest BCUT2D eigenvalue weighted by Gasteiger charge is -2.32. The Morgan fingerprint density at radius 3 is 2.09 bits per heavy atom. The number of halogens is 1. The largest absolute Gasteiger partial charge is 0.496 e. The van der Waals surface area contributed by atoms with Crippen molar-refractivity contribution in [3.63, 3.8) is 0 Å². The molecule has 1 aliphatic heterocycles. The molecular formula is C16H25BBrNO3. The molecule has 0 unspecified atom stereocenters. The highest BCUT2D eigenvalue weighted by Crippen LogP contribution is 2.37. The molecule has 1 aromatic rings. The van der Waals surface area contributed by atoms with E-state index in [0.717, 1.165) is 15.6 Å². The van der Waals surface area contributed by atoms with Crippen molar-refractivity contribution in [1.82, 2.24) is 4.98 Å². The van der Waals surface area contributed by atoms with Crippen molar-refractivity contribution < 1.29 is 14.0 Å². The van der Waals surface area contributed by atoms with E-state index in [0.29, 0.717) is 5.88 Å². The zero-order valence-electron chi connectivity index (χ0n) is 14.7. The van der Waals surface area contributed by atoms with Crippen molar-refractivity contribution in [2.45, 2.75) is 72.2 Å². The number of nitrogens with zero attached hydrogens (tertiary/aromatic N) is 1. The number of hydrogen-bond donors (Lipinski definition) is 0. The lowest BCUT2D eigenvalue weighted by molar-refractivity contribution is 0.00578. The van der Waals surface area contributed by atoms with Crippen LogP contribution in [0.25, 0.3) is 0 Å². The Hall–Kier alpha value is -0.585. The topological polar surface area (TPSA) is 40.6 Å². The predicted molar refractivity (Wildman–Crippen MR) is 92.8 cm³/mol. The smallest absolute Gasteiger partial charge is 0.471 e. The van der Waals surface area contributed by atoms with Crippen molar-refractivity contribution in [2.24, 2.45) is 0 Å². The molecule has 22 heavy (non-hydrogen) atoms. The van der Waals surface area contributed by atoms with Crippen LogP contribution in [0.3, 0.4) is 0 Å². The molecule has 4 nitrogen and oxygen atoms in total. The molecule has 0 atom stereocenters. The molecule has 0 saturated carbocycles. The SMILES string of the molecule is Cc1nc(OC(C)(C)C)c(Br)cc1B1OC(C)(C)C(C)(C)O1. The number of rotatable bonds is 2. The van der Waals surface area contributed by atoms with Gasteiger partial charge in [-0.15, -0.1) is 0 Å². The average Bonchev–Trinajstić information content (AvgIpc) is 2.50. The predicted octanol–water partition coefficient (Wildman–Crippen LogP) is 3.63. The van der Waals surface area contributed by atoms with Gasteiger partial charge in [0.1, 0.15) is 5.60 Å². The number of hydrogen-bond acceptors (Lipinski definition) is 4. The Morgan fingerprint density at radius 1 is 1.14 bits per heavy atom. The van der Waals surface area contributed by atoms with Crippen molar-refractivity contribution in [3.05, 3.63) is 16.2 Å². The van der Waals surface area contributed by atoms with Crippen LogP contribution in [0.5, 0.6) is 5.88 Å². The molecule has 0 radical (unpaired) electrons. The van der Waals surface area contributed by atoms with Gasteiger partial charge in [0.05, 0.1) is 15.7 Å². The monoisotopic (exact) mass is 369 g/mol. The average molecular weight is 370 g/mol. The maximum atomic E-state index is 6.10. The van der Waals surface area contributed by atoms with E-state index in [9.17, 15) is 0 Å². The van der Waals surface area contributed by atoms with Crippen LogP contribution in [0.1, 0.15) is 54.2 Å². The minimum absolute atomic E-state index is 0.298. The van der Waals surface area contributed by atoms with Crippen LogP contribution in [0, 0.1) is 6.92 Å². The molecule has 2 rings (SSSR count). The van der Waals surface area contributed by atoms with Gasteiger partial charge in [0.15, 0.2) is 0 Å². The van der Waals surface area contributed by atoms with Crippen LogP contribution in [0.2, 0.25) is 0 Å². The van der Waals surface area contributed by atoms with Gasteiger partial charge in [0.2, 0.25) is 5.88 Å². The molecule has 122 valence electrons. The Balaban J connectivity index is 2.33. The third-order valence-electron chi connectivity index (χ3n) is 4.08. The van der Waals surface area contributed by atoms with Gasteiger partial charge in [0, 0.05) is 11.2 Å². The highest BCUT2D eigenvalue weighted by molar-refractivity contribution is 9.10. The van der Waals surface area contributed by atoms with Crippen molar-refractivity contribution >= 4 is 28.5 Å². The molecule has 1 saturated heterocycles. The summed E-state index contributed by atoms with van der Waals surface area (Å²) in [6.45, 7) is 16.1. The second-order valence-corrected chi connectivity index (χ2v) is 8.61. The Labute approximate surface area is 142 Å². The lowest BCUT2D eigenvalue weighted by Crippen LogP contribution is -2.41. The van der Waals surface area contributed by atoms with E-state index in [1.165, 1.54) is 0 Å². The van der Waals surface area contributed by atoms with Crippen molar-refractivity contribution in [1.29, 1.82) is 0 Å². The molecule has 1 aromatic heterocycles. The molecule has 0 N–H and O–H groups in total. The van der Waals surface area contributed by atoms with Gasteiger partial charge >= 0.3 is 7.12 Å². The van der Waals surface area contributed by atoms with E-state index < -0.39 is 7.12 Å². The summed E-state index contributed by atoms with van der Waals surface area (Å²) in [4.78, 5) is 4.57. The normalized spacial score (nSPS) is 20.3. The van der Waals surface area contributed by atoms with Gasteiger partial charge in [0.25, 0.3) is 0 Å². The van der Waals surface area contributed by atoms with Crippen LogP contribution in [-0.4, -0.2) is 28.9 Å². The van der Waals surface area contributed by atoms with E-state index in [-0.39, 0.29) is 16.8 Å². The summed E-state index contributed by atoms with van der Waals surface area (Å²) in [7, 11) is -0.419. The molecule has 1 aliphatic rings. The Kier molecular flexibility index (Phi) is 4.44. The third-order valence-corrected chi connectivity index (χ3v) is 4.65. The number of ether oxygens (including phenoxy) is 1. The maximum Gasteiger partial charge on any atom is 0.496 e. The van der Waals surface area contributed by atoms with Crippen molar-refractivity contribution in [3.8, 4) is 5.88 Å². The molecule has 1 fully saturated rings. The molecule has 0 aliphatic carbocycles. The van der Waals surface area contributed by atoms with Crippen LogP contribution in [0.15, 0.2) is 10.5 Å². The van der Waals surface area contributed by atoms with Crippen molar-refractivity contribution in [2.75, 3.05) is 0 Å². The molecular weight excluding hydrogens is 345 g/mol. The summed E-state index contributed by atoms with van der Waals surface area (Å²) in [6.07, 6.45) is 0. The van der Waals surface area contributed by atoms with Gasteiger partial charge in [-0.25, -0.2) is 4.98 Å². The van der Waals surface area contributed by atoms with Gasteiger partial charge in [-0.3, -0.25) is 0 Å². The summed E-state index contributed by atoms with van der Waals surface area (Å²) in [5.74, 6) is 0.588. The fourth-order valence-electron chi connectivity index (χ4n) is 2.14. The minimum Gasteiger partial charge on any atom is -0.471 e. The van der Waals surface area contributed by atoms with E-state index in [4.69, 9.17) is 14.0 Å². The first-order valence-corrected chi connectivity index (χ1v) is 8.33. The number of aromatic nitrogens is 1. The zero-order valence-corrected chi connectivity index (χ0v) is 16.3. The Bertz CT molecular complexity index is 565. The summed E-state index contributed by atoms with van der Waals surface area (Å²) in [6, 6.07) is 1.98. The molecule has 0 bridgehead atoms. The molecule has 0 spiro atoms. The van der Waals surface area contributed by atoms with E-state index >= 15 is 0 Å². The summed E-state index contributed by atoms with van der Waals surface area (Å²) in [5.41, 5.74) is 0.745. The standard InChI is InChI=1S/C16H25BBrNO3/c1-10-11(17-21-15(5,6)16(7,8)22-17)9-12(18)13(19-10)20-14(2,3)4/h9H,1-8H3. The van der Waals surface area contributed by atoms with E-state index in [2.05, 4.69) is 20.9 Å². The summed E-state index contributed by atoms with van der Waals surface area (Å²) < 4.78 is 18.9. The quantitative estimate of drug-likeness (QED) is 0.746. The Morgan fingerprint density at radius 2 is 1.64 bits per heavy atom. The molecule has 0 aromatic carbocycles. The fraction of sp³-hybridized carbons (Fsp3) is 0.688. The first-order valence-electron chi connectivity index (χ1n) is 7.54. The first-order chi connectivity index (χ1) is 9.82. The second-order valence-electron chi connectivity index (χ2n) is 7.75. The van der Waals surface area contributed by atoms with Crippen LogP contribution in [0.4, 0.5) is 0 Å². The summed E-state index contributed by atoms with van der Waals surface area (Å²) >= 11 is 3.54. The van der Waals surface area contributed by atoms with Gasteiger partial charge in [-0.1, -0.05) is 0 Å². The van der Waals surface area contributed by atoms with Gasteiger partial charge in [-0.2, -0.15) is 0 Å². The van der Waals surface area contributed by atoms with Crippen LogP contribution in [-0.2, 0) is 9.31 Å². The second kappa shape index (κ2) is 5.50.